The van der Waals surface area contributed by atoms with Crippen LogP contribution in [0.2, 0.25) is 0 Å². The molecule has 0 atom stereocenters. The summed E-state index contributed by atoms with van der Waals surface area (Å²) in [6, 6.07) is 14.5. The van der Waals surface area contributed by atoms with Gasteiger partial charge in [0.2, 0.25) is 0 Å². The molecule has 0 spiro atoms. The summed E-state index contributed by atoms with van der Waals surface area (Å²) in [7, 11) is 0. The first kappa shape index (κ1) is 17.6. The smallest absolute Gasteiger partial charge is 0.251 e. The second kappa shape index (κ2) is 9.42. The third-order valence-corrected chi connectivity index (χ3v) is 3.79. The van der Waals surface area contributed by atoms with E-state index in [-0.39, 0.29) is 11.7 Å². The Bertz CT molecular complexity index is 706. The zero-order valence-electron chi connectivity index (χ0n) is 14.0. The minimum atomic E-state index is -0.0411. The van der Waals surface area contributed by atoms with E-state index in [1.807, 2.05) is 43.3 Å². The van der Waals surface area contributed by atoms with Gasteiger partial charge in [0.05, 0.1) is 0 Å². The third kappa shape index (κ3) is 5.48. The van der Waals surface area contributed by atoms with E-state index in [0.29, 0.717) is 12.1 Å². The summed E-state index contributed by atoms with van der Waals surface area (Å²) in [6.07, 6.45) is 4.07. The van der Waals surface area contributed by atoms with Crippen molar-refractivity contribution in [2.45, 2.75) is 32.6 Å². The zero-order valence-corrected chi connectivity index (χ0v) is 14.0. The number of carbonyl (C=O) groups is 1. The van der Waals surface area contributed by atoms with Gasteiger partial charge in [0.1, 0.15) is 5.75 Å². The van der Waals surface area contributed by atoms with Crippen molar-refractivity contribution in [2.24, 2.45) is 0 Å². The van der Waals surface area contributed by atoms with E-state index in [4.69, 9.17) is 0 Å². The molecule has 0 saturated carbocycles. The Morgan fingerprint density at radius 1 is 0.958 bits per heavy atom. The lowest BCUT2D eigenvalue weighted by Gasteiger charge is -2.06. The molecule has 0 aliphatic heterocycles. The summed E-state index contributed by atoms with van der Waals surface area (Å²) < 4.78 is 0. The molecule has 0 aliphatic carbocycles. The summed E-state index contributed by atoms with van der Waals surface area (Å²) in [5.74, 6) is 6.14. The molecule has 124 valence electrons. The number of hydrogen-bond donors (Lipinski definition) is 2. The summed E-state index contributed by atoms with van der Waals surface area (Å²) >= 11 is 0. The van der Waals surface area contributed by atoms with Gasteiger partial charge in [-0.05, 0) is 55.2 Å². The van der Waals surface area contributed by atoms with E-state index in [9.17, 15) is 9.90 Å². The molecule has 2 rings (SSSR count). The molecule has 3 nitrogen and oxygen atoms in total. The van der Waals surface area contributed by atoms with Crippen molar-refractivity contribution < 1.29 is 9.90 Å². The highest BCUT2D eigenvalue weighted by Crippen LogP contribution is 2.22. The lowest BCUT2D eigenvalue weighted by Crippen LogP contribution is -2.24. The molecule has 0 heterocycles. The van der Waals surface area contributed by atoms with Gasteiger partial charge >= 0.3 is 0 Å². The van der Waals surface area contributed by atoms with Crippen molar-refractivity contribution in [2.75, 3.05) is 6.54 Å². The molecule has 2 aromatic carbocycles. The van der Waals surface area contributed by atoms with Gasteiger partial charge in [-0.25, -0.2) is 0 Å². The Labute approximate surface area is 143 Å². The van der Waals surface area contributed by atoms with E-state index < -0.39 is 0 Å². The number of rotatable bonds is 7. The van der Waals surface area contributed by atoms with Crippen LogP contribution in [0.15, 0.2) is 48.5 Å². The Hall–Kier alpha value is -2.73. The van der Waals surface area contributed by atoms with E-state index in [1.165, 1.54) is 0 Å². The second-order valence-electron chi connectivity index (χ2n) is 5.62. The van der Waals surface area contributed by atoms with Crippen LogP contribution in [0, 0.1) is 11.8 Å². The van der Waals surface area contributed by atoms with Crippen LogP contribution in [0.25, 0.3) is 11.1 Å². The lowest BCUT2D eigenvalue weighted by atomic mass is 10.0. The van der Waals surface area contributed by atoms with E-state index >= 15 is 0 Å². The molecule has 0 aliphatic rings. The number of carbonyl (C=O) groups excluding carboxylic acids is 1. The van der Waals surface area contributed by atoms with Crippen molar-refractivity contribution in [1.82, 2.24) is 5.32 Å². The van der Waals surface area contributed by atoms with Crippen LogP contribution in [0.4, 0.5) is 0 Å². The predicted molar refractivity (Wildman–Crippen MR) is 97.8 cm³/mol. The Morgan fingerprint density at radius 3 is 2.21 bits per heavy atom. The fraction of sp³-hybridized carbons (Fsp3) is 0.286. The third-order valence-electron chi connectivity index (χ3n) is 3.79. The largest absolute Gasteiger partial charge is 0.508 e. The normalized spacial score (nSPS) is 9.88. The van der Waals surface area contributed by atoms with Gasteiger partial charge in [-0.15, -0.1) is 11.8 Å². The van der Waals surface area contributed by atoms with E-state index in [2.05, 4.69) is 17.2 Å². The maximum Gasteiger partial charge on any atom is 0.251 e. The van der Waals surface area contributed by atoms with Gasteiger partial charge in [-0.3, -0.25) is 4.79 Å². The van der Waals surface area contributed by atoms with Gasteiger partial charge in [-0.2, -0.15) is 0 Å². The van der Waals surface area contributed by atoms with Crippen molar-refractivity contribution in [3.05, 3.63) is 54.1 Å². The van der Waals surface area contributed by atoms with Crippen LogP contribution in [-0.4, -0.2) is 17.6 Å². The molecule has 0 fully saturated rings. The van der Waals surface area contributed by atoms with Gasteiger partial charge < -0.3 is 10.4 Å². The average molecular weight is 321 g/mol. The Balaban J connectivity index is 1.80. The Kier molecular flexibility index (Phi) is 6.91. The molecular weight excluding hydrogens is 298 g/mol. The molecule has 2 N–H and O–H groups in total. The van der Waals surface area contributed by atoms with Crippen molar-refractivity contribution in [3.63, 3.8) is 0 Å². The number of amides is 1. The average Bonchev–Trinajstić information content (AvgIpc) is 2.61. The van der Waals surface area contributed by atoms with E-state index in [0.717, 1.165) is 36.8 Å². The zero-order chi connectivity index (χ0) is 17.2. The standard InChI is InChI=1S/C21H23NO2/c1-2-3-4-5-6-7-16-22-21(24)19-10-8-17(9-11-19)18-12-14-20(23)15-13-18/h8-15,23H,4-7,16H2,1H3,(H,22,24). The summed E-state index contributed by atoms with van der Waals surface area (Å²) in [5, 5.41) is 12.3. The first-order valence-electron chi connectivity index (χ1n) is 8.28. The van der Waals surface area contributed by atoms with Crippen molar-refractivity contribution in [1.29, 1.82) is 0 Å². The van der Waals surface area contributed by atoms with Crippen LogP contribution in [0.1, 0.15) is 43.0 Å². The quantitative estimate of drug-likeness (QED) is 0.587. The summed E-state index contributed by atoms with van der Waals surface area (Å²) in [5.41, 5.74) is 2.69. The van der Waals surface area contributed by atoms with Crippen LogP contribution < -0.4 is 5.32 Å². The molecule has 0 saturated heterocycles. The molecule has 1 amide bonds. The second-order valence-corrected chi connectivity index (χ2v) is 5.62. The fourth-order valence-corrected chi connectivity index (χ4v) is 2.41. The van der Waals surface area contributed by atoms with Crippen LogP contribution in [0.3, 0.4) is 0 Å². The first-order chi connectivity index (χ1) is 11.7. The number of unbranched alkanes of at least 4 members (excludes halogenated alkanes) is 3. The topological polar surface area (TPSA) is 49.3 Å². The maximum absolute atomic E-state index is 12.1. The van der Waals surface area contributed by atoms with Gasteiger partial charge in [0, 0.05) is 18.5 Å². The molecule has 0 bridgehead atoms. The number of phenolic OH excluding ortho intramolecular Hbond substituents is 1. The molecule has 0 aromatic heterocycles. The van der Waals surface area contributed by atoms with Crippen LogP contribution in [-0.2, 0) is 0 Å². The number of benzene rings is 2. The SMILES string of the molecule is CC#CCCCCCNC(=O)c1ccc(-c2ccc(O)cc2)cc1. The minimum absolute atomic E-state index is 0.0411. The maximum atomic E-state index is 12.1. The predicted octanol–water partition coefficient (Wildman–Crippen LogP) is 4.37. The van der Waals surface area contributed by atoms with E-state index in [1.54, 1.807) is 12.1 Å². The highest BCUT2D eigenvalue weighted by Gasteiger charge is 2.05. The van der Waals surface area contributed by atoms with Gasteiger partial charge in [0.15, 0.2) is 0 Å². The molecule has 3 heteroatoms. The summed E-state index contributed by atoms with van der Waals surface area (Å²) in [4.78, 5) is 12.1. The lowest BCUT2D eigenvalue weighted by molar-refractivity contribution is 0.0953. The molecule has 0 radical (unpaired) electrons. The molecular formula is C21H23NO2. The summed E-state index contributed by atoms with van der Waals surface area (Å²) in [6.45, 7) is 2.55. The highest BCUT2D eigenvalue weighted by atomic mass is 16.3. The van der Waals surface area contributed by atoms with Gasteiger partial charge in [0.25, 0.3) is 5.91 Å². The van der Waals surface area contributed by atoms with Gasteiger partial charge in [-0.1, -0.05) is 30.7 Å². The number of hydrogen-bond acceptors (Lipinski definition) is 2. The molecule has 0 unspecified atom stereocenters. The first-order valence-corrected chi connectivity index (χ1v) is 8.28. The molecule has 2 aromatic rings. The van der Waals surface area contributed by atoms with Crippen LogP contribution >= 0.6 is 0 Å². The minimum Gasteiger partial charge on any atom is -0.508 e. The fourth-order valence-electron chi connectivity index (χ4n) is 2.41. The van der Waals surface area contributed by atoms with Crippen LogP contribution in [0.5, 0.6) is 5.75 Å². The highest BCUT2D eigenvalue weighted by molar-refractivity contribution is 5.94. The number of nitrogens with one attached hydrogen (secondary N) is 1. The van der Waals surface area contributed by atoms with Crippen molar-refractivity contribution in [3.8, 4) is 28.7 Å². The Morgan fingerprint density at radius 2 is 1.58 bits per heavy atom. The van der Waals surface area contributed by atoms with Crippen molar-refractivity contribution >= 4 is 5.91 Å². The number of phenols is 1. The molecule has 24 heavy (non-hydrogen) atoms. The monoisotopic (exact) mass is 321 g/mol. The number of aromatic hydroxyl groups is 1.